The Hall–Kier alpha value is -1.87. The molecule has 0 fully saturated rings. The minimum Gasteiger partial charge on any atom is -0.369 e. The largest absolute Gasteiger partial charge is 0.369 e. The Kier molecular flexibility index (Phi) is 5.13. The fraction of sp³-hybridized carbons (Fsp3) is 0.353. The van der Waals surface area contributed by atoms with Gasteiger partial charge >= 0.3 is 0 Å². The first-order chi connectivity index (χ1) is 9.72. The van der Waals surface area contributed by atoms with Gasteiger partial charge in [0.25, 0.3) is 0 Å². The summed E-state index contributed by atoms with van der Waals surface area (Å²) >= 11 is 0. The number of hydrogen-bond acceptors (Lipinski definition) is 3. The van der Waals surface area contributed by atoms with Gasteiger partial charge in [-0.25, -0.2) is 0 Å². The lowest BCUT2D eigenvalue weighted by molar-refractivity contribution is 0.774. The molecule has 106 valence electrons. The molecule has 1 aromatic carbocycles. The summed E-state index contributed by atoms with van der Waals surface area (Å²) in [5.74, 6) is 0. The molecule has 3 nitrogen and oxygen atoms in total. The van der Waals surface area contributed by atoms with Crippen LogP contribution in [0, 0.1) is 0 Å². The van der Waals surface area contributed by atoms with Crippen LogP contribution < -0.4 is 10.2 Å². The summed E-state index contributed by atoms with van der Waals surface area (Å²) in [5.41, 5.74) is 4.78. The van der Waals surface area contributed by atoms with E-state index in [-0.39, 0.29) is 0 Å². The fourth-order valence-corrected chi connectivity index (χ4v) is 2.22. The summed E-state index contributed by atoms with van der Waals surface area (Å²) in [5, 5.41) is 3.13. The Balaban J connectivity index is 2.06. The minimum atomic E-state index is 0.808. The smallest absolute Gasteiger partial charge is 0.0600 e. The molecule has 2 aromatic rings. The van der Waals surface area contributed by atoms with E-state index in [2.05, 4.69) is 71.6 Å². The number of pyridine rings is 1. The van der Waals surface area contributed by atoms with E-state index in [1.807, 2.05) is 7.05 Å². The summed E-state index contributed by atoms with van der Waals surface area (Å²) in [7, 11) is 4.04. The topological polar surface area (TPSA) is 28.2 Å². The molecule has 0 saturated heterocycles. The third-order valence-corrected chi connectivity index (χ3v) is 3.41. The van der Waals surface area contributed by atoms with Gasteiger partial charge in [-0.3, -0.25) is 4.98 Å². The lowest BCUT2D eigenvalue weighted by Gasteiger charge is -2.19. The Morgan fingerprint density at radius 3 is 2.40 bits per heavy atom. The van der Waals surface area contributed by atoms with Gasteiger partial charge in [-0.05, 0) is 43.3 Å². The van der Waals surface area contributed by atoms with Gasteiger partial charge in [-0.1, -0.05) is 25.1 Å². The Bertz CT molecular complexity index is 534. The van der Waals surface area contributed by atoms with Crippen molar-refractivity contribution in [1.29, 1.82) is 0 Å². The first kappa shape index (κ1) is 14.5. The molecule has 0 bridgehead atoms. The van der Waals surface area contributed by atoms with Crippen LogP contribution in [0.1, 0.15) is 23.9 Å². The van der Waals surface area contributed by atoms with E-state index in [1.165, 1.54) is 11.3 Å². The molecular weight excluding hydrogens is 246 g/mol. The van der Waals surface area contributed by atoms with E-state index in [1.54, 1.807) is 0 Å². The second-order valence-electron chi connectivity index (χ2n) is 5.03. The van der Waals surface area contributed by atoms with Crippen molar-refractivity contribution in [3.05, 3.63) is 59.4 Å². The Morgan fingerprint density at radius 1 is 1.05 bits per heavy atom. The van der Waals surface area contributed by atoms with Crippen molar-refractivity contribution in [2.24, 2.45) is 0 Å². The maximum Gasteiger partial charge on any atom is 0.0600 e. The quantitative estimate of drug-likeness (QED) is 0.874. The second-order valence-corrected chi connectivity index (χ2v) is 5.03. The predicted octanol–water partition coefficient (Wildman–Crippen LogP) is 3.00. The molecule has 0 unspecified atom stereocenters. The minimum absolute atomic E-state index is 0.808. The SMILES string of the molecule is CCc1ccc(N(C)Cc2cccc(CNC)n2)cc1. The zero-order valence-corrected chi connectivity index (χ0v) is 12.6. The Morgan fingerprint density at radius 2 is 1.75 bits per heavy atom. The molecule has 1 aromatic heterocycles. The first-order valence-electron chi connectivity index (χ1n) is 7.12. The molecule has 0 amide bonds. The Labute approximate surface area is 121 Å². The van der Waals surface area contributed by atoms with Gasteiger partial charge in [0, 0.05) is 19.3 Å². The van der Waals surface area contributed by atoms with E-state index in [4.69, 9.17) is 0 Å². The van der Waals surface area contributed by atoms with E-state index >= 15 is 0 Å². The number of aryl methyl sites for hydroxylation is 1. The molecule has 1 heterocycles. The zero-order chi connectivity index (χ0) is 14.4. The van der Waals surface area contributed by atoms with Crippen molar-refractivity contribution < 1.29 is 0 Å². The third-order valence-electron chi connectivity index (χ3n) is 3.41. The fourth-order valence-electron chi connectivity index (χ4n) is 2.22. The first-order valence-corrected chi connectivity index (χ1v) is 7.12. The van der Waals surface area contributed by atoms with E-state index in [0.717, 1.165) is 30.9 Å². The van der Waals surface area contributed by atoms with Gasteiger partial charge in [-0.15, -0.1) is 0 Å². The molecule has 0 radical (unpaired) electrons. The van der Waals surface area contributed by atoms with Crippen LogP contribution in [0.15, 0.2) is 42.5 Å². The van der Waals surface area contributed by atoms with Crippen LogP contribution in [0.4, 0.5) is 5.69 Å². The summed E-state index contributed by atoms with van der Waals surface area (Å²) in [6, 6.07) is 14.9. The summed E-state index contributed by atoms with van der Waals surface area (Å²) in [6.07, 6.45) is 1.08. The van der Waals surface area contributed by atoms with E-state index < -0.39 is 0 Å². The lowest BCUT2D eigenvalue weighted by atomic mass is 10.1. The van der Waals surface area contributed by atoms with Crippen molar-refractivity contribution in [1.82, 2.24) is 10.3 Å². The van der Waals surface area contributed by atoms with Crippen LogP contribution >= 0.6 is 0 Å². The molecule has 1 N–H and O–H groups in total. The van der Waals surface area contributed by atoms with Gasteiger partial charge in [-0.2, -0.15) is 0 Å². The molecule has 0 aliphatic carbocycles. The average molecular weight is 269 g/mol. The highest BCUT2D eigenvalue weighted by atomic mass is 15.1. The van der Waals surface area contributed by atoms with Crippen LogP contribution in [0.2, 0.25) is 0 Å². The average Bonchev–Trinajstić information content (AvgIpc) is 2.48. The summed E-state index contributed by atoms with van der Waals surface area (Å²) in [4.78, 5) is 6.88. The molecule has 20 heavy (non-hydrogen) atoms. The van der Waals surface area contributed by atoms with E-state index in [9.17, 15) is 0 Å². The van der Waals surface area contributed by atoms with Crippen molar-refractivity contribution >= 4 is 5.69 Å². The molecule has 0 spiro atoms. The maximum absolute atomic E-state index is 4.66. The predicted molar refractivity (Wildman–Crippen MR) is 84.9 cm³/mol. The highest BCUT2D eigenvalue weighted by molar-refractivity contribution is 5.47. The van der Waals surface area contributed by atoms with Crippen LogP contribution in [-0.2, 0) is 19.5 Å². The zero-order valence-electron chi connectivity index (χ0n) is 12.6. The number of aromatic nitrogens is 1. The van der Waals surface area contributed by atoms with Crippen LogP contribution in [0.3, 0.4) is 0 Å². The van der Waals surface area contributed by atoms with Gasteiger partial charge < -0.3 is 10.2 Å². The lowest BCUT2D eigenvalue weighted by Crippen LogP contribution is -2.18. The molecule has 0 saturated carbocycles. The number of benzene rings is 1. The van der Waals surface area contributed by atoms with Crippen LogP contribution in [-0.4, -0.2) is 19.1 Å². The third kappa shape index (κ3) is 3.81. The molecule has 2 rings (SSSR count). The summed E-state index contributed by atoms with van der Waals surface area (Å²) in [6.45, 7) is 3.81. The number of hydrogen-bond donors (Lipinski definition) is 1. The number of anilines is 1. The monoisotopic (exact) mass is 269 g/mol. The van der Waals surface area contributed by atoms with Gasteiger partial charge in [0.2, 0.25) is 0 Å². The van der Waals surface area contributed by atoms with Crippen molar-refractivity contribution in [2.45, 2.75) is 26.4 Å². The van der Waals surface area contributed by atoms with E-state index in [0.29, 0.717) is 0 Å². The molecular formula is C17H23N3. The van der Waals surface area contributed by atoms with Crippen LogP contribution in [0.25, 0.3) is 0 Å². The van der Waals surface area contributed by atoms with Gasteiger partial charge in [0.05, 0.1) is 17.9 Å². The molecule has 0 aliphatic rings. The second kappa shape index (κ2) is 7.06. The highest BCUT2D eigenvalue weighted by Gasteiger charge is 2.04. The van der Waals surface area contributed by atoms with Crippen molar-refractivity contribution in [2.75, 3.05) is 19.0 Å². The number of nitrogens with zero attached hydrogens (tertiary/aromatic N) is 2. The number of rotatable bonds is 6. The molecule has 3 heteroatoms. The molecule has 0 aliphatic heterocycles. The standard InChI is InChI=1S/C17H23N3/c1-4-14-8-10-17(11-9-14)20(3)13-16-7-5-6-15(19-16)12-18-2/h5-11,18H,4,12-13H2,1-3H3. The highest BCUT2D eigenvalue weighted by Crippen LogP contribution is 2.16. The van der Waals surface area contributed by atoms with Crippen LogP contribution in [0.5, 0.6) is 0 Å². The van der Waals surface area contributed by atoms with Crippen molar-refractivity contribution in [3.63, 3.8) is 0 Å². The van der Waals surface area contributed by atoms with Gasteiger partial charge in [0.1, 0.15) is 0 Å². The number of nitrogens with one attached hydrogen (secondary N) is 1. The van der Waals surface area contributed by atoms with Gasteiger partial charge in [0.15, 0.2) is 0 Å². The van der Waals surface area contributed by atoms with Crippen molar-refractivity contribution in [3.8, 4) is 0 Å². The molecule has 0 atom stereocenters. The maximum atomic E-state index is 4.66. The summed E-state index contributed by atoms with van der Waals surface area (Å²) < 4.78 is 0. The normalized spacial score (nSPS) is 10.6.